The van der Waals surface area contributed by atoms with E-state index in [-0.39, 0.29) is 5.54 Å². The summed E-state index contributed by atoms with van der Waals surface area (Å²) in [5.41, 5.74) is -3.10. The summed E-state index contributed by atoms with van der Waals surface area (Å²) in [5, 5.41) is 52.8. The third kappa shape index (κ3) is 5.06. The minimum absolute atomic E-state index is 0.160. The standard InChI is InChI=1S/C8H19N2O.C6H3N3O7/c1-8(2)7-9(11)5-6-10(8,3)4;10-6-4(8(13)14)1-3(7(11)12)2-5(6)9(15)16/h11H,5-7H2,1-4H3;1-2,10H/q+1;/p-1. The molecule has 0 aliphatic carbocycles. The third-order valence-electron chi connectivity index (χ3n) is 4.76. The van der Waals surface area contributed by atoms with E-state index in [2.05, 4.69) is 27.9 Å². The summed E-state index contributed by atoms with van der Waals surface area (Å²) in [6.45, 7) is 6.95. The van der Waals surface area contributed by atoms with Gasteiger partial charge in [0, 0.05) is 0 Å². The highest BCUT2D eigenvalue weighted by Crippen LogP contribution is 2.36. The molecule has 13 heteroatoms. The number of nitrogens with zero attached hydrogens (tertiary/aromatic N) is 5. The van der Waals surface area contributed by atoms with Gasteiger partial charge in [0.05, 0.1) is 66.4 Å². The van der Waals surface area contributed by atoms with E-state index in [4.69, 9.17) is 0 Å². The predicted octanol–water partition coefficient (Wildman–Crippen LogP) is 1.03. The van der Waals surface area contributed by atoms with Gasteiger partial charge >= 0.3 is 0 Å². The lowest BCUT2D eigenvalue weighted by Gasteiger charge is -2.49. The van der Waals surface area contributed by atoms with Crippen molar-refractivity contribution in [3.63, 3.8) is 0 Å². The van der Waals surface area contributed by atoms with E-state index < -0.39 is 37.6 Å². The van der Waals surface area contributed by atoms with Crippen LogP contribution in [0.15, 0.2) is 12.1 Å². The number of nitro benzene ring substituents is 3. The molecule has 1 N–H and O–H groups in total. The molecule has 0 saturated carbocycles. The first kappa shape index (κ1) is 22.1. The highest BCUT2D eigenvalue weighted by Gasteiger charge is 2.41. The zero-order chi connectivity index (χ0) is 21.2. The number of hydrogen-bond acceptors (Lipinski definition) is 9. The molecule has 1 fully saturated rings. The second-order valence-corrected chi connectivity index (χ2v) is 7.19. The molecule has 0 bridgehead atoms. The van der Waals surface area contributed by atoms with Crippen molar-refractivity contribution in [2.45, 2.75) is 19.4 Å². The summed E-state index contributed by atoms with van der Waals surface area (Å²) < 4.78 is 0.990. The first-order valence-corrected chi connectivity index (χ1v) is 7.75. The maximum atomic E-state index is 11.1. The minimum atomic E-state index is -1.46. The molecule has 27 heavy (non-hydrogen) atoms. The van der Waals surface area contributed by atoms with E-state index in [0.717, 1.165) is 24.1 Å². The number of hydrogen-bond donors (Lipinski definition) is 1. The Kier molecular flexibility index (Phi) is 6.37. The lowest BCUT2D eigenvalue weighted by atomic mass is 9.98. The van der Waals surface area contributed by atoms with Crippen molar-refractivity contribution in [1.29, 1.82) is 0 Å². The summed E-state index contributed by atoms with van der Waals surface area (Å²) in [6, 6.07) is 0.769. The Bertz CT molecular complexity index is 729. The summed E-state index contributed by atoms with van der Waals surface area (Å²) in [6.07, 6.45) is 0. The van der Waals surface area contributed by atoms with E-state index in [0.29, 0.717) is 12.1 Å². The van der Waals surface area contributed by atoms with Crippen molar-refractivity contribution in [3.8, 4) is 5.75 Å². The lowest BCUT2D eigenvalue weighted by Crippen LogP contribution is -2.66. The zero-order valence-corrected chi connectivity index (χ0v) is 15.3. The first-order chi connectivity index (χ1) is 12.2. The van der Waals surface area contributed by atoms with Crippen molar-refractivity contribution in [3.05, 3.63) is 42.5 Å². The molecule has 1 saturated heterocycles. The van der Waals surface area contributed by atoms with Crippen LogP contribution >= 0.6 is 0 Å². The largest absolute Gasteiger partial charge is 0.863 e. The second kappa shape index (κ2) is 7.77. The zero-order valence-electron chi connectivity index (χ0n) is 15.3. The smallest absolute Gasteiger partial charge is 0.283 e. The molecule has 2 rings (SSSR count). The topological polar surface area (TPSA) is 176 Å². The fourth-order valence-electron chi connectivity index (χ4n) is 2.35. The van der Waals surface area contributed by atoms with E-state index in [1.165, 1.54) is 5.06 Å². The molecule has 1 aliphatic rings. The van der Waals surface area contributed by atoms with Gasteiger partial charge in [0.2, 0.25) is 0 Å². The summed E-state index contributed by atoms with van der Waals surface area (Å²) in [4.78, 5) is 27.5. The Balaban J connectivity index is 0.000000289. The van der Waals surface area contributed by atoms with Crippen LogP contribution in [-0.2, 0) is 0 Å². The Morgan fingerprint density at radius 2 is 1.48 bits per heavy atom. The van der Waals surface area contributed by atoms with Crippen molar-refractivity contribution in [2.75, 3.05) is 33.7 Å². The third-order valence-corrected chi connectivity index (χ3v) is 4.76. The molecule has 150 valence electrons. The van der Waals surface area contributed by atoms with Crippen LogP contribution in [0, 0.1) is 30.3 Å². The monoisotopic (exact) mass is 387 g/mol. The van der Waals surface area contributed by atoms with Gasteiger partial charge < -0.3 is 14.8 Å². The van der Waals surface area contributed by atoms with E-state index in [9.17, 15) is 40.7 Å². The molecule has 0 amide bonds. The highest BCUT2D eigenvalue weighted by molar-refractivity contribution is 5.63. The molecule has 0 radical (unpaired) electrons. The first-order valence-electron chi connectivity index (χ1n) is 7.75. The number of benzene rings is 1. The number of piperazine rings is 1. The minimum Gasteiger partial charge on any atom is -0.863 e. The van der Waals surface area contributed by atoms with Crippen LogP contribution in [0.25, 0.3) is 0 Å². The Hall–Kier alpha value is -2.90. The molecule has 0 aromatic heterocycles. The molecular weight excluding hydrogens is 366 g/mol. The molecule has 0 spiro atoms. The fourth-order valence-corrected chi connectivity index (χ4v) is 2.35. The Morgan fingerprint density at radius 1 is 1.04 bits per heavy atom. The summed E-state index contributed by atoms with van der Waals surface area (Å²) in [5.74, 6) is -1.46. The van der Waals surface area contributed by atoms with Crippen molar-refractivity contribution in [1.82, 2.24) is 5.06 Å². The molecule has 0 atom stereocenters. The molecule has 13 nitrogen and oxygen atoms in total. The van der Waals surface area contributed by atoms with Gasteiger partial charge in [0.25, 0.3) is 17.1 Å². The van der Waals surface area contributed by atoms with Crippen LogP contribution in [0.4, 0.5) is 17.1 Å². The van der Waals surface area contributed by atoms with Gasteiger partial charge in [-0.25, -0.2) is 0 Å². The van der Waals surface area contributed by atoms with Crippen LogP contribution in [0.5, 0.6) is 5.75 Å². The molecular formula is C14H21N5O8. The number of hydroxylamine groups is 2. The average Bonchev–Trinajstić information content (AvgIpc) is 2.51. The molecule has 0 unspecified atom stereocenters. The van der Waals surface area contributed by atoms with Crippen LogP contribution in [0.3, 0.4) is 0 Å². The highest BCUT2D eigenvalue weighted by atomic mass is 16.6. The molecule has 1 aromatic carbocycles. The Morgan fingerprint density at radius 3 is 1.78 bits per heavy atom. The summed E-state index contributed by atoms with van der Waals surface area (Å²) >= 11 is 0. The molecule has 1 aliphatic heterocycles. The second-order valence-electron chi connectivity index (χ2n) is 7.19. The SMILES string of the molecule is CC1(C)CN(O)CC[N+]1(C)C.O=[N+]([O-])c1cc([N+](=O)[O-])c([O-])c([N+](=O)[O-])c1. The van der Waals surface area contributed by atoms with Gasteiger partial charge in [-0.2, -0.15) is 5.06 Å². The maximum absolute atomic E-state index is 11.1. The number of likely N-dealkylation sites (N-methyl/N-ethyl adjacent to an activating group) is 1. The van der Waals surface area contributed by atoms with E-state index >= 15 is 0 Å². The van der Waals surface area contributed by atoms with Gasteiger partial charge in [0.1, 0.15) is 5.54 Å². The predicted molar refractivity (Wildman–Crippen MR) is 90.3 cm³/mol. The fraction of sp³-hybridized carbons (Fsp3) is 0.571. The van der Waals surface area contributed by atoms with Crippen LogP contribution in [0.2, 0.25) is 0 Å². The molecule has 1 heterocycles. The average molecular weight is 387 g/mol. The number of nitro groups is 3. The Labute approximate surface area is 154 Å². The van der Waals surface area contributed by atoms with E-state index in [1.807, 2.05) is 0 Å². The normalized spacial score (nSPS) is 18.1. The van der Waals surface area contributed by atoms with Crippen LogP contribution in [-0.4, -0.2) is 68.8 Å². The number of rotatable bonds is 3. The summed E-state index contributed by atoms with van der Waals surface area (Å²) in [7, 11) is 4.43. The van der Waals surface area contributed by atoms with Gasteiger partial charge in [0.15, 0.2) is 0 Å². The van der Waals surface area contributed by atoms with Gasteiger partial charge in [-0.15, -0.1) is 0 Å². The lowest BCUT2D eigenvalue weighted by molar-refractivity contribution is -0.944. The van der Waals surface area contributed by atoms with Crippen LogP contribution < -0.4 is 5.11 Å². The van der Waals surface area contributed by atoms with Crippen molar-refractivity contribution in [2.24, 2.45) is 0 Å². The molecule has 1 aromatic rings. The maximum Gasteiger partial charge on any atom is 0.283 e. The van der Waals surface area contributed by atoms with Gasteiger partial charge in [-0.3, -0.25) is 30.3 Å². The van der Waals surface area contributed by atoms with Gasteiger partial charge in [-0.05, 0) is 13.8 Å². The van der Waals surface area contributed by atoms with E-state index in [1.54, 1.807) is 0 Å². The van der Waals surface area contributed by atoms with Crippen LogP contribution in [0.1, 0.15) is 13.8 Å². The number of quaternary nitrogens is 1. The van der Waals surface area contributed by atoms with Crippen molar-refractivity contribution >= 4 is 17.1 Å². The van der Waals surface area contributed by atoms with Gasteiger partial charge in [-0.1, -0.05) is 0 Å². The quantitative estimate of drug-likeness (QED) is 0.451. The number of non-ortho nitro benzene ring substituents is 1. The van der Waals surface area contributed by atoms with Crippen molar-refractivity contribution < 1.29 is 29.6 Å².